The minimum atomic E-state index is -4.33. The number of aromatic nitrogens is 1. The van der Waals surface area contributed by atoms with Gasteiger partial charge in [0.1, 0.15) is 13.2 Å². The number of hydrogen-bond donors (Lipinski definition) is 0. The van der Waals surface area contributed by atoms with Gasteiger partial charge in [-0.05, 0) is 47.4 Å². The van der Waals surface area contributed by atoms with Crippen LogP contribution in [0.1, 0.15) is 16.8 Å². The third-order valence-electron chi connectivity index (χ3n) is 4.13. The molecule has 0 amide bonds. The molecule has 26 heavy (non-hydrogen) atoms. The van der Waals surface area contributed by atoms with E-state index < -0.39 is 11.7 Å². The normalized spacial score (nSPS) is 14.1. The number of ether oxygens (including phenoxy) is 2. The molecule has 1 aromatic heterocycles. The van der Waals surface area contributed by atoms with Crippen molar-refractivity contribution < 1.29 is 22.6 Å². The highest BCUT2D eigenvalue weighted by atomic mass is 19.4. The first-order valence-electron chi connectivity index (χ1n) is 8.04. The summed E-state index contributed by atoms with van der Waals surface area (Å²) in [7, 11) is 0. The number of halogens is 3. The Kier molecular flexibility index (Phi) is 4.03. The summed E-state index contributed by atoms with van der Waals surface area (Å²) in [6.07, 6.45) is 0.866. The van der Waals surface area contributed by atoms with Crippen LogP contribution in [0.2, 0.25) is 0 Å². The molecule has 6 heteroatoms. The van der Waals surface area contributed by atoms with Gasteiger partial charge in [0, 0.05) is 11.6 Å². The first kappa shape index (κ1) is 16.4. The van der Waals surface area contributed by atoms with Crippen molar-refractivity contribution in [2.75, 3.05) is 13.2 Å². The Labute approximate surface area is 147 Å². The first-order valence-corrected chi connectivity index (χ1v) is 8.04. The zero-order valence-electron chi connectivity index (χ0n) is 13.6. The molecule has 0 spiro atoms. The van der Waals surface area contributed by atoms with Crippen LogP contribution < -0.4 is 9.47 Å². The standard InChI is InChI=1S/C20H14F3NO2/c21-20(22,23)15-4-1-13(2-5-15)3-6-17-16-12-19-18(25-9-10-26-19)11-14(16)7-8-24-17/h1-8,11-12H,9-10H2. The Balaban J connectivity index is 1.67. The van der Waals surface area contributed by atoms with Crippen LogP contribution in [0.3, 0.4) is 0 Å². The van der Waals surface area contributed by atoms with Gasteiger partial charge in [-0.1, -0.05) is 18.2 Å². The monoisotopic (exact) mass is 357 g/mol. The lowest BCUT2D eigenvalue weighted by Crippen LogP contribution is -2.15. The average molecular weight is 357 g/mol. The quantitative estimate of drug-likeness (QED) is 0.632. The van der Waals surface area contributed by atoms with Crippen molar-refractivity contribution in [1.29, 1.82) is 0 Å². The summed E-state index contributed by atoms with van der Waals surface area (Å²) in [6.45, 7) is 1.01. The molecule has 0 unspecified atom stereocenters. The Morgan fingerprint density at radius 2 is 1.58 bits per heavy atom. The van der Waals surface area contributed by atoms with Crippen LogP contribution in [0.4, 0.5) is 13.2 Å². The van der Waals surface area contributed by atoms with Crippen molar-refractivity contribution in [2.45, 2.75) is 6.18 Å². The summed E-state index contributed by atoms with van der Waals surface area (Å²) in [6, 6.07) is 10.7. The van der Waals surface area contributed by atoms with Crippen LogP contribution in [0.15, 0.2) is 48.7 Å². The molecule has 0 fully saturated rings. The third kappa shape index (κ3) is 3.22. The highest BCUT2D eigenvalue weighted by Gasteiger charge is 2.29. The Bertz CT molecular complexity index is 979. The molecule has 4 rings (SSSR count). The summed E-state index contributed by atoms with van der Waals surface area (Å²) >= 11 is 0. The highest BCUT2D eigenvalue weighted by molar-refractivity contribution is 5.93. The maximum atomic E-state index is 12.6. The topological polar surface area (TPSA) is 31.4 Å². The van der Waals surface area contributed by atoms with E-state index in [2.05, 4.69) is 4.98 Å². The molecular formula is C20H14F3NO2. The van der Waals surface area contributed by atoms with Crippen LogP contribution in [0.25, 0.3) is 22.9 Å². The highest BCUT2D eigenvalue weighted by Crippen LogP contribution is 2.35. The second-order valence-corrected chi connectivity index (χ2v) is 5.87. The maximum Gasteiger partial charge on any atom is 0.416 e. The lowest BCUT2D eigenvalue weighted by Gasteiger charge is -2.19. The fourth-order valence-electron chi connectivity index (χ4n) is 2.82. The Hall–Kier alpha value is -3.02. The van der Waals surface area contributed by atoms with Gasteiger partial charge in [0.05, 0.1) is 11.3 Å². The van der Waals surface area contributed by atoms with Crippen LogP contribution in [0, 0.1) is 0 Å². The van der Waals surface area contributed by atoms with Gasteiger partial charge >= 0.3 is 6.18 Å². The van der Waals surface area contributed by atoms with E-state index in [0.29, 0.717) is 36.0 Å². The molecule has 0 saturated heterocycles. The molecule has 132 valence electrons. The molecule has 0 atom stereocenters. The molecule has 2 heterocycles. The van der Waals surface area contributed by atoms with Crippen molar-refractivity contribution in [2.24, 2.45) is 0 Å². The maximum absolute atomic E-state index is 12.6. The first-order chi connectivity index (χ1) is 12.5. The summed E-state index contributed by atoms with van der Waals surface area (Å²) in [5.41, 5.74) is 0.704. The number of benzene rings is 2. The van der Waals surface area contributed by atoms with Crippen molar-refractivity contribution in [3.05, 3.63) is 65.5 Å². The van der Waals surface area contributed by atoms with Gasteiger partial charge in [-0.15, -0.1) is 0 Å². The predicted molar refractivity (Wildman–Crippen MR) is 93.1 cm³/mol. The van der Waals surface area contributed by atoms with Gasteiger partial charge in [-0.25, -0.2) is 0 Å². The second-order valence-electron chi connectivity index (χ2n) is 5.87. The Morgan fingerprint density at radius 3 is 2.27 bits per heavy atom. The number of nitrogens with zero attached hydrogens (tertiary/aromatic N) is 1. The predicted octanol–water partition coefficient (Wildman–Crippen LogP) is 5.20. The summed E-state index contributed by atoms with van der Waals surface area (Å²) in [5.74, 6) is 1.37. The molecule has 1 aliphatic heterocycles. The fraction of sp³-hybridized carbons (Fsp3) is 0.150. The number of rotatable bonds is 2. The van der Waals surface area contributed by atoms with Crippen LogP contribution in [-0.2, 0) is 6.18 Å². The molecule has 3 nitrogen and oxygen atoms in total. The summed E-state index contributed by atoms with van der Waals surface area (Å²) in [4.78, 5) is 4.36. The molecular weight excluding hydrogens is 343 g/mol. The van der Waals surface area contributed by atoms with Crippen molar-refractivity contribution in [3.8, 4) is 11.5 Å². The zero-order chi connectivity index (χ0) is 18.1. The van der Waals surface area contributed by atoms with Crippen LogP contribution >= 0.6 is 0 Å². The molecule has 0 aliphatic carbocycles. The van der Waals surface area contributed by atoms with Gasteiger partial charge in [0.2, 0.25) is 0 Å². The van der Waals surface area contributed by atoms with E-state index in [1.54, 1.807) is 18.3 Å². The minimum Gasteiger partial charge on any atom is -0.486 e. The Morgan fingerprint density at radius 1 is 0.885 bits per heavy atom. The van der Waals surface area contributed by atoms with E-state index in [1.807, 2.05) is 18.2 Å². The molecule has 3 aromatic rings. The fourth-order valence-corrected chi connectivity index (χ4v) is 2.82. The lowest BCUT2D eigenvalue weighted by molar-refractivity contribution is -0.137. The lowest BCUT2D eigenvalue weighted by atomic mass is 10.1. The van der Waals surface area contributed by atoms with Crippen LogP contribution in [0.5, 0.6) is 11.5 Å². The molecule has 0 N–H and O–H groups in total. The number of hydrogen-bond acceptors (Lipinski definition) is 3. The van der Waals surface area contributed by atoms with E-state index in [0.717, 1.165) is 22.9 Å². The van der Waals surface area contributed by atoms with E-state index in [4.69, 9.17) is 9.47 Å². The largest absolute Gasteiger partial charge is 0.486 e. The van der Waals surface area contributed by atoms with Crippen molar-refractivity contribution in [1.82, 2.24) is 4.98 Å². The van der Waals surface area contributed by atoms with Gasteiger partial charge < -0.3 is 9.47 Å². The minimum absolute atomic E-state index is 0.496. The zero-order valence-corrected chi connectivity index (χ0v) is 13.6. The van der Waals surface area contributed by atoms with Gasteiger partial charge in [0.15, 0.2) is 11.5 Å². The van der Waals surface area contributed by atoms with E-state index in [9.17, 15) is 13.2 Å². The average Bonchev–Trinajstić information content (AvgIpc) is 2.64. The number of pyridine rings is 1. The van der Waals surface area contributed by atoms with Gasteiger partial charge in [0.25, 0.3) is 0 Å². The molecule has 0 radical (unpaired) electrons. The molecule has 2 aromatic carbocycles. The molecule has 1 aliphatic rings. The van der Waals surface area contributed by atoms with Crippen molar-refractivity contribution in [3.63, 3.8) is 0 Å². The molecule has 0 saturated carbocycles. The van der Waals surface area contributed by atoms with E-state index in [-0.39, 0.29) is 0 Å². The van der Waals surface area contributed by atoms with Crippen LogP contribution in [-0.4, -0.2) is 18.2 Å². The summed E-state index contributed by atoms with van der Waals surface area (Å²) in [5, 5.41) is 1.84. The van der Waals surface area contributed by atoms with Gasteiger partial charge in [-0.2, -0.15) is 13.2 Å². The SMILES string of the molecule is FC(F)(F)c1ccc(C=Cc2nccc3cc4c(cc23)OCCO4)cc1. The summed E-state index contributed by atoms with van der Waals surface area (Å²) < 4.78 is 49.1. The van der Waals surface area contributed by atoms with E-state index >= 15 is 0 Å². The van der Waals surface area contributed by atoms with Crippen molar-refractivity contribution >= 4 is 22.9 Å². The van der Waals surface area contributed by atoms with Gasteiger partial charge in [-0.3, -0.25) is 4.98 Å². The van der Waals surface area contributed by atoms with E-state index in [1.165, 1.54) is 12.1 Å². The second kappa shape index (κ2) is 6.37. The number of alkyl halides is 3. The smallest absolute Gasteiger partial charge is 0.416 e. The third-order valence-corrected chi connectivity index (χ3v) is 4.13. The number of fused-ring (bicyclic) bond motifs is 2. The molecule has 0 bridgehead atoms.